The molecule has 152 valence electrons. The Labute approximate surface area is 172 Å². The van der Waals surface area contributed by atoms with Crippen molar-refractivity contribution in [1.29, 1.82) is 0 Å². The number of hydrogen-bond acceptors (Lipinski definition) is 3. The maximum absolute atomic E-state index is 12.8. The second kappa shape index (κ2) is 9.37. The number of nitrogens with one attached hydrogen (secondary N) is 1. The molecule has 1 aromatic carbocycles. The smallest absolute Gasteiger partial charge is 0.317 e. The van der Waals surface area contributed by atoms with E-state index in [0.717, 1.165) is 28.8 Å². The van der Waals surface area contributed by atoms with Crippen LogP contribution in [0.15, 0.2) is 61.2 Å². The zero-order valence-electron chi connectivity index (χ0n) is 17.5. The van der Waals surface area contributed by atoms with Gasteiger partial charge in [0, 0.05) is 31.2 Å². The lowest BCUT2D eigenvalue weighted by molar-refractivity contribution is 0.200. The standard InChI is InChI=1S/C23H29N5O/c1-17(2)12-21(20-9-7-11-24-14-20)26-23(29)27(4)15-19-13-25-28(16-19)22-10-6-5-8-18(22)3/h5-11,13-14,16-17,21H,12,15H2,1-4H3,(H,26,29)/t21-/m1/s1. The fourth-order valence-electron chi connectivity index (χ4n) is 3.33. The van der Waals surface area contributed by atoms with Gasteiger partial charge in [0.25, 0.3) is 0 Å². The summed E-state index contributed by atoms with van der Waals surface area (Å²) < 4.78 is 1.85. The molecule has 0 fully saturated rings. The molecule has 0 aliphatic carbocycles. The molecule has 1 atom stereocenters. The highest BCUT2D eigenvalue weighted by atomic mass is 16.2. The summed E-state index contributed by atoms with van der Waals surface area (Å²) in [6.45, 7) is 6.85. The average Bonchev–Trinajstić information content (AvgIpc) is 3.16. The Balaban J connectivity index is 1.66. The van der Waals surface area contributed by atoms with Gasteiger partial charge in [-0.3, -0.25) is 4.98 Å². The van der Waals surface area contributed by atoms with E-state index in [2.05, 4.69) is 42.2 Å². The molecule has 2 heterocycles. The number of carbonyl (C=O) groups excluding carboxylic acids is 1. The number of aryl methyl sites for hydroxylation is 1. The minimum absolute atomic E-state index is 0.0617. The summed E-state index contributed by atoms with van der Waals surface area (Å²) in [5, 5.41) is 7.61. The summed E-state index contributed by atoms with van der Waals surface area (Å²) in [6.07, 6.45) is 8.20. The largest absolute Gasteiger partial charge is 0.331 e. The first-order valence-corrected chi connectivity index (χ1v) is 9.95. The number of pyridine rings is 1. The molecular formula is C23H29N5O. The van der Waals surface area contributed by atoms with Gasteiger partial charge < -0.3 is 10.2 Å². The van der Waals surface area contributed by atoms with Gasteiger partial charge in [0.2, 0.25) is 0 Å². The first-order chi connectivity index (χ1) is 13.9. The third kappa shape index (κ3) is 5.44. The first kappa shape index (κ1) is 20.6. The third-order valence-electron chi connectivity index (χ3n) is 4.86. The molecule has 0 aliphatic rings. The van der Waals surface area contributed by atoms with Gasteiger partial charge in [-0.15, -0.1) is 0 Å². The van der Waals surface area contributed by atoms with Crippen molar-refractivity contribution in [1.82, 2.24) is 25.0 Å². The molecule has 3 aromatic rings. The molecule has 0 saturated heterocycles. The topological polar surface area (TPSA) is 63.1 Å². The van der Waals surface area contributed by atoms with Crippen LogP contribution >= 0.6 is 0 Å². The maximum atomic E-state index is 12.8. The van der Waals surface area contributed by atoms with Gasteiger partial charge in [0.15, 0.2) is 0 Å². The van der Waals surface area contributed by atoms with E-state index in [4.69, 9.17) is 0 Å². The zero-order chi connectivity index (χ0) is 20.8. The second-order valence-corrected chi connectivity index (χ2v) is 7.85. The molecule has 6 nitrogen and oxygen atoms in total. The second-order valence-electron chi connectivity index (χ2n) is 7.85. The fraction of sp³-hybridized carbons (Fsp3) is 0.348. The van der Waals surface area contributed by atoms with E-state index in [1.165, 1.54) is 0 Å². The molecule has 0 spiro atoms. The van der Waals surface area contributed by atoms with Gasteiger partial charge in [-0.1, -0.05) is 38.1 Å². The van der Waals surface area contributed by atoms with Crippen LogP contribution in [0.5, 0.6) is 0 Å². The number of hydrogen-bond donors (Lipinski definition) is 1. The molecule has 0 radical (unpaired) electrons. The summed E-state index contributed by atoms with van der Waals surface area (Å²) in [4.78, 5) is 18.7. The monoisotopic (exact) mass is 391 g/mol. The molecular weight excluding hydrogens is 362 g/mol. The highest BCUT2D eigenvalue weighted by molar-refractivity contribution is 5.74. The Kier molecular flexibility index (Phi) is 6.65. The first-order valence-electron chi connectivity index (χ1n) is 9.95. The van der Waals surface area contributed by atoms with Crippen LogP contribution in [0, 0.1) is 12.8 Å². The molecule has 3 rings (SSSR count). The van der Waals surface area contributed by atoms with Crippen LogP contribution in [-0.4, -0.2) is 32.7 Å². The SMILES string of the molecule is Cc1ccccc1-n1cc(CN(C)C(=O)N[C@H](CC(C)C)c2cccnc2)cn1. The van der Waals surface area contributed by atoms with Gasteiger partial charge in [-0.25, -0.2) is 9.48 Å². The molecule has 0 aliphatic heterocycles. The Morgan fingerprint density at radius 1 is 1.17 bits per heavy atom. The third-order valence-corrected chi connectivity index (χ3v) is 4.86. The Morgan fingerprint density at radius 2 is 1.97 bits per heavy atom. The number of rotatable bonds is 7. The van der Waals surface area contributed by atoms with Crippen molar-refractivity contribution in [2.45, 2.75) is 39.8 Å². The van der Waals surface area contributed by atoms with Crippen molar-refractivity contribution in [2.75, 3.05) is 7.05 Å². The van der Waals surface area contributed by atoms with E-state index in [9.17, 15) is 4.79 Å². The predicted molar refractivity (Wildman–Crippen MR) is 115 cm³/mol. The lowest BCUT2D eigenvalue weighted by Gasteiger charge is -2.24. The van der Waals surface area contributed by atoms with E-state index >= 15 is 0 Å². The maximum Gasteiger partial charge on any atom is 0.317 e. The Morgan fingerprint density at radius 3 is 2.66 bits per heavy atom. The van der Waals surface area contributed by atoms with Crippen molar-refractivity contribution in [3.05, 3.63) is 77.9 Å². The fourth-order valence-corrected chi connectivity index (χ4v) is 3.33. The quantitative estimate of drug-likeness (QED) is 0.645. The average molecular weight is 392 g/mol. The molecule has 2 amide bonds. The Hall–Kier alpha value is -3.15. The predicted octanol–water partition coefficient (Wildman–Crippen LogP) is 4.50. The number of para-hydroxylation sites is 1. The van der Waals surface area contributed by atoms with E-state index in [1.807, 2.05) is 53.6 Å². The van der Waals surface area contributed by atoms with Crippen molar-refractivity contribution in [3.63, 3.8) is 0 Å². The summed E-state index contributed by atoms with van der Waals surface area (Å²) in [6, 6.07) is 11.8. The molecule has 2 aromatic heterocycles. The van der Waals surface area contributed by atoms with Crippen LogP contribution in [0.4, 0.5) is 4.79 Å². The molecule has 0 bridgehead atoms. The van der Waals surface area contributed by atoms with Crippen LogP contribution in [0.25, 0.3) is 5.69 Å². The number of carbonyl (C=O) groups is 1. The van der Waals surface area contributed by atoms with Crippen LogP contribution in [0.3, 0.4) is 0 Å². The van der Waals surface area contributed by atoms with Crippen LogP contribution < -0.4 is 5.32 Å². The van der Waals surface area contributed by atoms with Crippen molar-refractivity contribution in [3.8, 4) is 5.69 Å². The van der Waals surface area contributed by atoms with Gasteiger partial charge in [-0.05, 0) is 42.5 Å². The number of aromatic nitrogens is 3. The zero-order valence-corrected chi connectivity index (χ0v) is 17.5. The Bertz CT molecular complexity index is 935. The molecule has 6 heteroatoms. The van der Waals surface area contributed by atoms with Gasteiger partial charge in [-0.2, -0.15) is 5.10 Å². The lowest BCUT2D eigenvalue weighted by Crippen LogP contribution is -2.39. The van der Waals surface area contributed by atoms with Crippen molar-refractivity contribution in [2.24, 2.45) is 5.92 Å². The number of nitrogens with zero attached hydrogens (tertiary/aromatic N) is 4. The van der Waals surface area contributed by atoms with E-state index in [1.54, 1.807) is 18.1 Å². The van der Waals surface area contributed by atoms with Crippen molar-refractivity contribution < 1.29 is 4.79 Å². The highest BCUT2D eigenvalue weighted by Crippen LogP contribution is 2.21. The van der Waals surface area contributed by atoms with E-state index in [0.29, 0.717) is 12.5 Å². The molecule has 0 unspecified atom stereocenters. The van der Waals surface area contributed by atoms with Gasteiger partial charge in [0.1, 0.15) is 0 Å². The summed E-state index contributed by atoms with van der Waals surface area (Å²) in [7, 11) is 1.80. The van der Waals surface area contributed by atoms with E-state index in [-0.39, 0.29) is 12.1 Å². The summed E-state index contributed by atoms with van der Waals surface area (Å²) in [5.41, 5.74) is 4.20. The molecule has 1 N–H and O–H groups in total. The summed E-state index contributed by atoms with van der Waals surface area (Å²) >= 11 is 0. The van der Waals surface area contributed by atoms with E-state index < -0.39 is 0 Å². The van der Waals surface area contributed by atoms with Gasteiger partial charge >= 0.3 is 6.03 Å². The number of urea groups is 1. The van der Waals surface area contributed by atoms with Crippen molar-refractivity contribution >= 4 is 6.03 Å². The molecule has 0 saturated carbocycles. The lowest BCUT2D eigenvalue weighted by atomic mass is 9.98. The summed E-state index contributed by atoms with van der Waals surface area (Å²) in [5.74, 6) is 0.457. The number of amides is 2. The molecule has 29 heavy (non-hydrogen) atoms. The minimum atomic E-state index is -0.108. The van der Waals surface area contributed by atoms with Crippen LogP contribution in [0.2, 0.25) is 0 Å². The highest BCUT2D eigenvalue weighted by Gasteiger charge is 2.19. The van der Waals surface area contributed by atoms with Crippen LogP contribution in [0.1, 0.15) is 43.0 Å². The number of benzene rings is 1. The van der Waals surface area contributed by atoms with Crippen LogP contribution in [-0.2, 0) is 6.54 Å². The normalized spacial score (nSPS) is 12.0. The van der Waals surface area contributed by atoms with Gasteiger partial charge in [0.05, 0.1) is 24.5 Å². The minimum Gasteiger partial charge on any atom is -0.331 e.